The Morgan fingerprint density at radius 2 is 1.96 bits per heavy atom. The Bertz CT molecular complexity index is 939. The fourth-order valence-electron chi connectivity index (χ4n) is 2.39. The minimum atomic E-state index is -1.08. The predicted molar refractivity (Wildman–Crippen MR) is 87.4 cm³/mol. The maximum atomic E-state index is 12.5. The summed E-state index contributed by atoms with van der Waals surface area (Å²) in [4.78, 5) is 23.6. The van der Waals surface area contributed by atoms with Gasteiger partial charge in [-0.2, -0.15) is 0 Å². The van der Waals surface area contributed by atoms with Crippen molar-refractivity contribution in [2.24, 2.45) is 0 Å². The summed E-state index contributed by atoms with van der Waals surface area (Å²) in [6.07, 6.45) is 2.00. The maximum Gasteiger partial charge on any atom is 0.335 e. The van der Waals surface area contributed by atoms with Crippen LogP contribution >= 0.6 is 0 Å². The van der Waals surface area contributed by atoms with Crippen LogP contribution in [0.3, 0.4) is 0 Å². The third kappa shape index (κ3) is 2.90. The van der Waals surface area contributed by atoms with Crippen LogP contribution < -0.4 is 10.2 Å². The monoisotopic (exact) mass is 312 g/mol. The number of carboxylic acids is 1. The molecule has 0 saturated heterocycles. The third-order valence-corrected chi connectivity index (χ3v) is 3.66. The van der Waals surface area contributed by atoms with Gasteiger partial charge in [-0.3, -0.25) is 4.79 Å². The minimum absolute atomic E-state index is 0.0590. The van der Waals surface area contributed by atoms with Crippen molar-refractivity contribution in [3.05, 3.63) is 52.2 Å². The lowest BCUT2D eigenvalue weighted by Crippen LogP contribution is -2.05. The van der Waals surface area contributed by atoms with Gasteiger partial charge in [0.2, 0.25) is 5.43 Å². The van der Waals surface area contributed by atoms with Crippen molar-refractivity contribution < 1.29 is 19.1 Å². The van der Waals surface area contributed by atoms with Gasteiger partial charge < -0.3 is 14.3 Å². The molecule has 118 valence electrons. The molecule has 1 aromatic heterocycles. The number of carboxylic acid groups (broad SMARTS) is 1. The van der Waals surface area contributed by atoms with Crippen molar-refractivity contribution >= 4 is 27.9 Å². The Labute approximate surface area is 132 Å². The predicted octanol–water partition coefficient (Wildman–Crippen LogP) is 3.82. The first-order valence-electron chi connectivity index (χ1n) is 7.47. The molecule has 5 heteroatoms. The number of rotatable bonds is 5. The van der Waals surface area contributed by atoms with E-state index in [1.165, 1.54) is 18.2 Å². The zero-order valence-electron chi connectivity index (χ0n) is 12.7. The standard InChI is InChI=1S/C18H16O5/c1-2-3-8-22-12-5-6-13-16(10-12)23-15-7-4-11(18(20)21)9-14(15)17(13)19/h4-7,9-10H,2-3,8H2,1H3,(H,20,21). The van der Waals surface area contributed by atoms with E-state index in [1.807, 2.05) is 0 Å². The molecule has 3 aromatic rings. The van der Waals surface area contributed by atoms with E-state index in [9.17, 15) is 9.59 Å². The van der Waals surface area contributed by atoms with Gasteiger partial charge in [0.15, 0.2) is 0 Å². The molecule has 0 radical (unpaired) electrons. The van der Waals surface area contributed by atoms with E-state index < -0.39 is 5.97 Å². The highest BCUT2D eigenvalue weighted by atomic mass is 16.5. The number of hydrogen-bond donors (Lipinski definition) is 1. The molecule has 2 aromatic carbocycles. The first kappa shape index (κ1) is 15.1. The summed E-state index contributed by atoms with van der Waals surface area (Å²) >= 11 is 0. The second-order valence-corrected chi connectivity index (χ2v) is 5.31. The van der Waals surface area contributed by atoms with Crippen LogP contribution in [0.1, 0.15) is 30.1 Å². The molecular weight excluding hydrogens is 296 g/mol. The van der Waals surface area contributed by atoms with Crippen molar-refractivity contribution in [1.82, 2.24) is 0 Å². The first-order valence-corrected chi connectivity index (χ1v) is 7.47. The average molecular weight is 312 g/mol. The summed E-state index contributed by atoms with van der Waals surface area (Å²) in [5.41, 5.74) is 0.603. The minimum Gasteiger partial charge on any atom is -0.493 e. The van der Waals surface area contributed by atoms with Gasteiger partial charge in [0, 0.05) is 6.07 Å². The molecule has 23 heavy (non-hydrogen) atoms. The third-order valence-electron chi connectivity index (χ3n) is 3.66. The molecular formula is C18H16O5. The van der Waals surface area contributed by atoms with Gasteiger partial charge in [-0.25, -0.2) is 4.79 Å². The van der Waals surface area contributed by atoms with Gasteiger partial charge in [-0.15, -0.1) is 0 Å². The number of benzene rings is 2. The zero-order valence-corrected chi connectivity index (χ0v) is 12.7. The van der Waals surface area contributed by atoms with E-state index in [4.69, 9.17) is 14.3 Å². The van der Waals surface area contributed by atoms with E-state index >= 15 is 0 Å². The second-order valence-electron chi connectivity index (χ2n) is 5.31. The van der Waals surface area contributed by atoms with Crippen molar-refractivity contribution in [2.45, 2.75) is 19.8 Å². The van der Waals surface area contributed by atoms with Crippen molar-refractivity contribution in [3.8, 4) is 5.75 Å². The summed E-state index contributed by atoms with van der Waals surface area (Å²) in [7, 11) is 0. The lowest BCUT2D eigenvalue weighted by atomic mass is 10.1. The largest absolute Gasteiger partial charge is 0.493 e. The Hall–Kier alpha value is -2.82. The highest BCUT2D eigenvalue weighted by Gasteiger charge is 2.11. The molecule has 1 heterocycles. The smallest absolute Gasteiger partial charge is 0.335 e. The van der Waals surface area contributed by atoms with Crippen LogP contribution in [0, 0.1) is 0 Å². The van der Waals surface area contributed by atoms with E-state index in [0.29, 0.717) is 28.9 Å². The first-order chi connectivity index (χ1) is 11.1. The van der Waals surface area contributed by atoms with Gasteiger partial charge in [-0.1, -0.05) is 13.3 Å². The quantitative estimate of drug-likeness (QED) is 0.572. The van der Waals surface area contributed by atoms with Gasteiger partial charge in [0.1, 0.15) is 16.9 Å². The van der Waals surface area contributed by atoms with Crippen molar-refractivity contribution in [3.63, 3.8) is 0 Å². The summed E-state index contributed by atoms with van der Waals surface area (Å²) in [5.74, 6) is -0.429. The topological polar surface area (TPSA) is 76.7 Å². The normalized spacial score (nSPS) is 11.0. The Morgan fingerprint density at radius 1 is 1.13 bits per heavy atom. The molecule has 0 fully saturated rings. The fraction of sp³-hybridized carbons (Fsp3) is 0.222. The molecule has 3 rings (SSSR count). The highest BCUT2D eigenvalue weighted by Crippen LogP contribution is 2.23. The summed E-state index contributed by atoms with van der Waals surface area (Å²) in [5, 5.41) is 9.71. The zero-order chi connectivity index (χ0) is 16.4. The van der Waals surface area contributed by atoms with Crippen LogP contribution in [0.2, 0.25) is 0 Å². The molecule has 0 atom stereocenters. The average Bonchev–Trinajstić information content (AvgIpc) is 2.55. The van der Waals surface area contributed by atoms with Crippen LogP contribution in [0.5, 0.6) is 5.75 Å². The molecule has 0 amide bonds. The Kier molecular flexibility index (Phi) is 4.02. The lowest BCUT2D eigenvalue weighted by Gasteiger charge is -2.07. The van der Waals surface area contributed by atoms with Crippen LogP contribution in [0.4, 0.5) is 0 Å². The summed E-state index contributed by atoms with van der Waals surface area (Å²) in [6, 6.07) is 9.33. The summed E-state index contributed by atoms with van der Waals surface area (Å²) < 4.78 is 11.4. The van der Waals surface area contributed by atoms with E-state index in [2.05, 4.69) is 6.92 Å². The number of aromatic carboxylic acids is 1. The molecule has 0 spiro atoms. The van der Waals surface area contributed by atoms with Crippen LogP contribution in [0.25, 0.3) is 21.9 Å². The molecule has 0 bridgehead atoms. The molecule has 0 aliphatic heterocycles. The second kappa shape index (κ2) is 6.12. The van der Waals surface area contributed by atoms with Crippen LogP contribution in [0.15, 0.2) is 45.6 Å². The molecule has 0 aliphatic rings. The molecule has 0 unspecified atom stereocenters. The fourth-order valence-corrected chi connectivity index (χ4v) is 2.39. The van der Waals surface area contributed by atoms with Crippen LogP contribution in [-0.4, -0.2) is 17.7 Å². The maximum absolute atomic E-state index is 12.5. The van der Waals surface area contributed by atoms with E-state index in [1.54, 1.807) is 18.2 Å². The molecule has 0 aliphatic carbocycles. The van der Waals surface area contributed by atoms with E-state index in [0.717, 1.165) is 12.8 Å². The van der Waals surface area contributed by atoms with E-state index in [-0.39, 0.29) is 16.4 Å². The van der Waals surface area contributed by atoms with Gasteiger partial charge in [0.05, 0.1) is 22.9 Å². The van der Waals surface area contributed by atoms with Gasteiger partial charge in [-0.05, 0) is 36.8 Å². The summed E-state index contributed by atoms with van der Waals surface area (Å²) in [6.45, 7) is 2.70. The van der Waals surface area contributed by atoms with Crippen LogP contribution in [-0.2, 0) is 0 Å². The SMILES string of the molecule is CCCCOc1ccc2c(=O)c3cc(C(=O)O)ccc3oc2c1. The molecule has 0 saturated carbocycles. The molecule has 1 N–H and O–H groups in total. The number of unbranched alkanes of at least 4 members (excludes halogenated alkanes) is 1. The number of carbonyl (C=O) groups is 1. The Morgan fingerprint density at radius 3 is 2.70 bits per heavy atom. The van der Waals surface area contributed by atoms with Crippen molar-refractivity contribution in [2.75, 3.05) is 6.61 Å². The lowest BCUT2D eigenvalue weighted by molar-refractivity contribution is 0.0697. The number of hydrogen-bond acceptors (Lipinski definition) is 4. The van der Waals surface area contributed by atoms with Gasteiger partial charge >= 0.3 is 5.97 Å². The van der Waals surface area contributed by atoms with Gasteiger partial charge in [0.25, 0.3) is 0 Å². The number of fused-ring (bicyclic) bond motifs is 2. The Balaban J connectivity index is 2.12. The van der Waals surface area contributed by atoms with Crippen molar-refractivity contribution in [1.29, 1.82) is 0 Å². The highest BCUT2D eigenvalue weighted by molar-refractivity contribution is 5.96. The number of ether oxygens (including phenoxy) is 1. The molecule has 5 nitrogen and oxygen atoms in total.